The van der Waals surface area contributed by atoms with Crippen LogP contribution < -0.4 is 0 Å². The molecule has 6 heteroatoms. The fourth-order valence-electron chi connectivity index (χ4n) is 10.4. The number of unbranched alkanes of at least 4 members (excludes halogenated alkanes) is 47. The number of carbonyl (C=O) groups is 3. The maximum absolute atomic E-state index is 12.8. The summed E-state index contributed by atoms with van der Waals surface area (Å²) in [5.41, 5.74) is 0. The fourth-order valence-corrected chi connectivity index (χ4v) is 10.4. The molecule has 0 aliphatic heterocycles. The molecule has 77 heavy (non-hydrogen) atoms. The highest BCUT2D eigenvalue weighted by Gasteiger charge is 2.19. The topological polar surface area (TPSA) is 78.9 Å². The van der Waals surface area contributed by atoms with Gasteiger partial charge in [0.2, 0.25) is 0 Å². The zero-order valence-corrected chi connectivity index (χ0v) is 52.0. The maximum atomic E-state index is 12.8. The molecule has 0 bridgehead atoms. The van der Waals surface area contributed by atoms with Crippen molar-refractivity contribution in [1.29, 1.82) is 0 Å². The van der Waals surface area contributed by atoms with Gasteiger partial charge in [0.1, 0.15) is 13.2 Å². The van der Waals surface area contributed by atoms with Crippen LogP contribution in [0.5, 0.6) is 0 Å². The summed E-state index contributed by atoms with van der Waals surface area (Å²) < 4.78 is 16.8. The zero-order chi connectivity index (χ0) is 55.7. The Morgan fingerprint density at radius 1 is 0.260 bits per heavy atom. The Hall–Kier alpha value is -2.37. The molecule has 0 amide bonds. The normalized spacial score (nSPS) is 12.2. The molecule has 0 spiro atoms. The summed E-state index contributed by atoms with van der Waals surface area (Å²) in [6.07, 6.45) is 82.2. The van der Waals surface area contributed by atoms with Gasteiger partial charge < -0.3 is 14.2 Å². The molecule has 0 fully saturated rings. The van der Waals surface area contributed by atoms with Crippen molar-refractivity contribution in [2.45, 2.75) is 386 Å². The molecule has 6 nitrogen and oxygen atoms in total. The number of ether oxygens (including phenoxy) is 3. The minimum atomic E-state index is -0.768. The molecule has 1 unspecified atom stereocenters. The molecule has 0 saturated heterocycles. The summed E-state index contributed by atoms with van der Waals surface area (Å²) in [5, 5.41) is 0. The highest BCUT2D eigenvalue weighted by molar-refractivity contribution is 5.71. The number of hydrogen-bond donors (Lipinski definition) is 0. The van der Waals surface area contributed by atoms with Gasteiger partial charge in [-0.3, -0.25) is 14.4 Å². The molecule has 0 N–H and O–H groups in total. The SMILES string of the molecule is CCCCCCC/C=C\C/C=C\CCCCCCCCCCCCCCCCCCCCCCCCCC(=O)OCC(COC(=O)CCCCCCCC)OC(=O)CCCCCCCCC/C=C\CCCCCCCCC. The molecule has 0 aromatic carbocycles. The van der Waals surface area contributed by atoms with E-state index in [1.54, 1.807) is 0 Å². The number of allylic oxidation sites excluding steroid dienone is 6. The van der Waals surface area contributed by atoms with E-state index in [2.05, 4.69) is 57.2 Å². The van der Waals surface area contributed by atoms with E-state index in [1.165, 1.54) is 276 Å². The van der Waals surface area contributed by atoms with Gasteiger partial charge in [-0.05, 0) is 77.0 Å². The first kappa shape index (κ1) is 74.6. The summed E-state index contributed by atoms with van der Waals surface area (Å²) in [7, 11) is 0. The average Bonchev–Trinajstić information content (AvgIpc) is 3.43. The molecule has 0 radical (unpaired) electrons. The van der Waals surface area contributed by atoms with E-state index in [0.29, 0.717) is 19.3 Å². The lowest BCUT2D eigenvalue weighted by Crippen LogP contribution is -2.30. The van der Waals surface area contributed by atoms with Gasteiger partial charge in [-0.15, -0.1) is 0 Å². The third-order valence-corrected chi connectivity index (χ3v) is 15.6. The highest BCUT2D eigenvalue weighted by atomic mass is 16.6. The summed E-state index contributed by atoms with van der Waals surface area (Å²) in [4.78, 5) is 38.0. The molecule has 0 rings (SSSR count). The Morgan fingerprint density at radius 2 is 0.468 bits per heavy atom. The summed E-state index contributed by atoms with van der Waals surface area (Å²) in [6.45, 7) is 6.62. The lowest BCUT2D eigenvalue weighted by Gasteiger charge is -2.18. The van der Waals surface area contributed by atoms with Gasteiger partial charge in [-0.1, -0.05) is 320 Å². The van der Waals surface area contributed by atoms with E-state index in [4.69, 9.17) is 14.2 Å². The van der Waals surface area contributed by atoms with Crippen LogP contribution in [0.15, 0.2) is 36.5 Å². The molecule has 0 aliphatic carbocycles. The predicted molar refractivity (Wildman–Crippen MR) is 335 cm³/mol. The van der Waals surface area contributed by atoms with E-state index in [0.717, 1.165) is 64.2 Å². The summed E-state index contributed by atoms with van der Waals surface area (Å²) >= 11 is 0. The monoisotopic (exact) mass is 1080 g/mol. The Balaban J connectivity index is 3.90. The van der Waals surface area contributed by atoms with Crippen molar-refractivity contribution < 1.29 is 28.6 Å². The number of esters is 3. The van der Waals surface area contributed by atoms with E-state index in [-0.39, 0.29) is 31.1 Å². The highest BCUT2D eigenvalue weighted by Crippen LogP contribution is 2.18. The Bertz CT molecular complexity index is 1290. The molecule has 0 aromatic heterocycles. The van der Waals surface area contributed by atoms with E-state index < -0.39 is 6.10 Å². The second-order valence-electron chi connectivity index (χ2n) is 23.4. The molecular formula is C71H132O6. The van der Waals surface area contributed by atoms with Crippen molar-refractivity contribution in [2.75, 3.05) is 13.2 Å². The van der Waals surface area contributed by atoms with Crippen LogP contribution in [-0.4, -0.2) is 37.2 Å². The molecule has 0 heterocycles. The summed E-state index contributed by atoms with van der Waals surface area (Å²) in [6, 6.07) is 0. The lowest BCUT2D eigenvalue weighted by molar-refractivity contribution is -0.167. The van der Waals surface area contributed by atoms with Crippen molar-refractivity contribution in [3.63, 3.8) is 0 Å². The number of rotatable bonds is 64. The number of hydrogen-bond acceptors (Lipinski definition) is 6. The van der Waals surface area contributed by atoms with Crippen molar-refractivity contribution in [3.05, 3.63) is 36.5 Å². The molecule has 0 aliphatic rings. The van der Waals surface area contributed by atoms with Crippen LogP contribution in [0, 0.1) is 0 Å². The van der Waals surface area contributed by atoms with Crippen LogP contribution in [0.3, 0.4) is 0 Å². The predicted octanol–water partition coefficient (Wildman–Crippen LogP) is 23.6. The number of carbonyl (C=O) groups excluding carboxylic acids is 3. The maximum Gasteiger partial charge on any atom is 0.306 e. The summed E-state index contributed by atoms with van der Waals surface area (Å²) in [5.74, 6) is -0.860. The Kier molecular flexibility index (Phi) is 64.1. The van der Waals surface area contributed by atoms with Crippen LogP contribution in [0.1, 0.15) is 380 Å². The minimum absolute atomic E-state index is 0.0687. The molecule has 0 aromatic rings. The van der Waals surface area contributed by atoms with Gasteiger partial charge in [0, 0.05) is 19.3 Å². The minimum Gasteiger partial charge on any atom is -0.462 e. The van der Waals surface area contributed by atoms with E-state index in [9.17, 15) is 14.4 Å². The molecule has 0 saturated carbocycles. The first-order chi connectivity index (χ1) is 38.0. The van der Waals surface area contributed by atoms with Gasteiger partial charge in [0.05, 0.1) is 0 Å². The van der Waals surface area contributed by atoms with Gasteiger partial charge in [0.15, 0.2) is 6.10 Å². The van der Waals surface area contributed by atoms with Crippen LogP contribution in [-0.2, 0) is 28.6 Å². The van der Waals surface area contributed by atoms with Crippen molar-refractivity contribution >= 4 is 17.9 Å². The van der Waals surface area contributed by atoms with Gasteiger partial charge in [0.25, 0.3) is 0 Å². The van der Waals surface area contributed by atoms with Crippen LogP contribution >= 0.6 is 0 Å². The smallest absolute Gasteiger partial charge is 0.306 e. The van der Waals surface area contributed by atoms with E-state index >= 15 is 0 Å². The second kappa shape index (κ2) is 66.1. The first-order valence-corrected chi connectivity index (χ1v) is 34.5. The van der Waals surface area contributed by atoms with Crippen molar-refractivity contribution in [3.8, 4) is 0 Å². The fraction of sp³-hybridized carbons (Fsp3) is 0.873. The third-order valence-electron chi connectivity index (χ3n) is 15.6. The van der Waals surface area contributed by atoms with Crippen LogP contribution in [0.4, 0.5) is 0 Å². The van der Waals surface area contributed by atoms with Crippen LogP contribution in [0.25, 0.3) is 0 Å². The second-order valence-corrected chi connectivity index (χ2v) is 23.4. The standard InChI is InChI=1S/C71H132O6/c1-4-7-10-13-16-18-20-22-24-26-28-29-30-31-32-33-34-35-36-37-38-39-40-41-42-43-44-46-47-49-51-53-55-58-61-64-70(73)76-67-68(66-75-69(72)63-60-57-15-12-9-6-3)77-71(74)65-62-59-56-54-52-50-48-45-27-25-23-21-19-17-14-11-8-5-2/h20,22,25-28,68H,4-19,21,23-24,29-67H2,1-3H3/b22-20-,27-25-,28-26-. The van der Waals surface area contributed by atoms with Crippen molar-refractivity contribution in [1.82, 2.24) is 0 Å². The molecular weight excluding hydrogens is 949 g/mol. The Morgan fingerprint density at radius 3 is 0.727 bits per heavy atom. The molecule has 1 atom stereocenters. The molecule has 452 valence electrons. The Labute approximate surface area is 480 Å². The van der Waals surface area contributed by atoms with Gasteiger partial charge in [-0.25, -0.2) is 0 Å². The van der Waals surface area contributed by atoms with Crippen LogP contribution in [0.2, 0.25) is 0 Å². The average molecular weight is 1080 g/mol. The first-order valence-electron chi connectivity index (χ1n) is 34.5. The van der Waals surface area contributed by atoms with Gasteiger partial charge >= 0.3 is 17.9 Å². The lowest BCUT2D eigenvalue weighted by atomic mass is 10.0. The van der Waals surface area contributed by atoms with E-state index in [1.807, 2.05) is 0 Å². The largest absolute Gasteiger partial charge is 0.462 e. The van der Waals surface area contributed by atoms with Gasteiger partial charge in [-0.2, -0.15) is 0 Å². The van der Waals surface area contributed by atoms with Crippen molar-refractivity contribution in [2.24, 2.45) is 0 Å². The quantitative estimate of drug-likeness (QED) is 0.0261. The zero-order valence-electron chi connectivity index (χ0n) is 52.0. The third kappa shape index (κ3) is 64.3.